The Balaban J connectivity index is 2.73. The fourth-order valence-corrected chi connectivity index (χ4v) is 1.65. The molecule has 5 N–H and O–H groups in total. The molecule has 0 saturated carbocycles. The third-order valence-electron chi connectivity index (χ3n) is 2.56. The molecule has 7 heteroatoms. The van der Waals surface area contributed by atoms with E-state index in [1.54, 1.807) is 13.0 Å². The fraction of sp³-hybridized carbons (Fsp3) is 0.643. The molecule has 21 heavy (non-hydrogen) atoms. The van der Waals surface area contributed by atoms with Gasteiger partial charge in [-0.15, -0.1) is 0 Å². The van der Waals surface area contributed by atoms with Crippen LogP contribution in [0.3, 0.4) is 0 Å². The second kappa shape index (κ2) is 7.10. The number of nitrogens with two attached hydrogens (primary N) is 1. The number of hydrogen-bond acceptors (Lipinski definition) is 6. The molecule has 0 aromatic carbocycles. The number of carbonyl (C=O) groups excluding carboxylic acids is 1. The van der Waals surface area contributed by atoms with Gasteiger partial charge in [0.2, 0.25) is 11.9 Å². The minimum atomic E-state index is -0.419. The maximum atomic E-state index is 12.0. The Morgan fingerprint density at radius 3 is 2.52 bits per heavy atom. The molecule has 0 fully saturated rings. The minimum absolute atomic E-state index is 0.0947. The first kappa shape index (κ1) is 17.0. The van der Waals surface area contributed by atoms with Gasteiger partial charge in [0.05, 0.1) is 0 Å². The van der Waals surface area contributed by atoms with Crippen molar-refractivity contribution >= 4 is 23.5 Å². The summed E-state index contributed by atoms with van der Waals surface area (Å²) in [6.07, 6.45) is 0.983. The van der Waals surface area contributed by atoms with Gasteiger partial charge >= 0.3 is 0 Å². The Labute approximate surface area is 126 Å². The van der Waals surface area contributed by atoms with E-state index in [2.05, 4.69) is 32.8 Å². The summed E-state index contributed by atoms with van der Waals surface area (Å²) >= 11 is 0. The Morgan fingerprint density at radius 1 is 1.33 bits per heavy atom. The van der Waals surface area contributed by atoms with E-state index in [9.17, 15) is 4.79 Å². The summed E-state index contributed by atoms with van der Waals surface area (Å²) in [5.74, 6) is 1.25. The van der Waals surface area contributed by atoms with Crippen molar-refractivity contribution in [1.82, 2.24) is 15.3 Å². The van der Waals surface area contributed by atoms with E-state index in [1.165, 1.54) is 0 Å². The minimum Gasteiger partial charge on any atom is -0.370 e. The lowest BCUT2D eigenvalue weighted by Gasteiger charge is -2.24. The van der Waals surface area contributed by atoms with E-state index in [0.717, 1.165) is 13.0 Å². The number of carbonyl (C=O) groups is 1. The molecular weight excluding hydrogens is 268 g/mol. The molecule has 1 aromatic heterocycles. The van der Waals surface area contributed by atoms with Crippen molar-refractivity contribution in [3.63, 3.8) is 0 Å². The van der Waals surface area contributed by atoms with E-state index < -0.39 is 6.04 Å². The van der Waals surface area contributed by atoms with Crippen molar-refractivity contribution in [2.45, 2.75) is 52.6 Å². The van der Waals surface area contributed by atoms with Gasteiger partial charge in [-0.1, -0.05) is 6.92 Å². The Hall–Kier alpha value is -2.05. The van der Waals surface area contributed by atoms with E-state index >= 15 is 0 Å². The molecule has 0 aliphatic rings. The molecule has 1 atom stereocenters. The van der Waals surface area contributed by atoms with Gasteiger partial charge in [-0.2, -0.15) is 9.97 Å². The zero-order chi connectivity index (χ0) is 16.0. The summed E-state index contributed by atoms with van der Waals surface area (Å²) < 4.78 is 0. The number of aromatic nitrogens is 2. The molecule has 0 aliphatic heterocycles. The van der Waals surface area contributed by atoms with Crippen LogP contribution in [0.15, 0.2) is 6.07 Å². The lowest BCUT2D eigenvalue weighted by Crippen LogP contribution is -2.47. The summed E-state index contributed by atoms with van der Waals surface area (Å²) in [6, 6.07) is 1.32. The largest absolute Gasteiger partial charge is 0.370 e. The van der Waals surface area contributed by atoms with Crippen molar-refractivity contribution in [3.05, 3.63) is 6.07 Å². The molecule has 0 aliphatic carbocycles. The molecule has 118 valence electrons. The topological polar surface area (TPSA) is 105 Å². The molecule has 1 aromatic rings. The number of nitrogens with zero attached hydrogens (tertiary/aromatic N) is 2. The monoisotopic (exact) mass is 294 g/mol. The number of amides is 1. The van der Waals surface area contributed by atoms with E-state index in [-0.39, 0.29) is 17.4 Å². The molecule has 1 heterocycles. The van der Waals surface area contributed by atoms with Crippen LogP contribution >= 0.6 is 0 Å². The second-order valence-electron chi connectivity index (χ2n) is 6.03. The van der Waals surface area contributed by atoms with Gasteiger partial charge in [0, 0.05) is 18.2 Å². The quantitative estimate of drug-likeness (QED) is 0.635. The summed E-state index contributed by atoms with van der Waals surface area (Å²) in [6.45, 7) is 10.5. The normalized spacial score (nSPS) is 12.6. The van der Waals surface area contributed by atoms with Gasteiger partial charge in [-0.25, -0.2) is 0 Å². The highest BCUT2D eigenvalue weighted by Gasteiger charge is 2.19. The van der Waals surface area contributed by atoms with Crippen LogP contribution in [-0.4, -0.2) is 34.0 Å². The second-order valence-corrected chi connectivity index (χ2v) is 6.03. The summed E-state index contributed by atoms with van der Waals surface area (Å²) in [5.41, 5.74) is 5.41. The van der Waals surface area contributed by atoms with Crippen molar-refractivity contribution in [1.29, 1.82) is 0 Å². The molecule has 0 bridgehead atoms. The SMILES string of the molecule is CCCNc1cc(NC(C)C(=O)NC(C)(C)C)nc(N)n1. The number of anilines is 3. The summed E-state index contributed by atoms with van der Waals surface area (Å²) in [4.78, 5) is 20.2. The van der Waals surface area contributed by atoms with Gasteiger partial charge in [-0.3, -0.25) is 4.79 Å². The van der Waals surface area contributed by atoms with Crippen molar-refractivity contribution < 1.29 is 4.79 Å². The van der Waals surface area contributed by atoms with Gasteiger partial charge in [0.15, 0.2) is 0 Å². The first-order valence-electron chi connectivity index (χ1n) is 7.18. The smallest absolute Gasteiger partial charge is 0.242 e. The van der Waals surface area contributed by atoms with Crippen LogP contribution in [0.2, 0.25) is 0 Å². The predicted molar refractivity (Wildman–Crippen MR) is 86.2 cm³/mol. The summed E-state index contributed by atoms with van der Waals surface area (Å²) in [5, 5.41) is 9.09. The average molecular weight is 294 g/mol. The third kappa shape index (κ3) is 6.29. The number of nitrogens with one attached hydrogen (secondary N) is 3. The van der Waals surface area contributed by atoms with E-state index in [0.29, 0.717) is 11.6 Å². The first-order valence-corrected chi connectivity index (χ1v) is 7.18. The maximum absolute atomic E-state index is 12.0. The third-order valence-corrected chi connectivity index (χ3v) is 2.56. The molecule has 7 nitrogen and oxygen atoms in total. The molecule has 1 amide bonds. The number of rotatable bonds is 6. The molecule has 0 saturated heterocycles. The molecule has 0 radical (unpaired) electrons. The lowest BCUT2D eigenvalue weighted by molar-refractivity contribution is -0.122. The first-order chi connectivity index (χ1) is 9.71. The Bertz CT molecular complexity index is 483. The van der Waals surface area contributed by atoms with Crippen LogP contribution in [0.25, 0.3) is 0 Å². The Morgan fingerprint density at radius 2 is 1.95 bits per heavy atom. The van der Waals surface area contributed by atoms with Crippen molar-refractivity contribution in [2.24, 2.45) is 0 Å². The standard InChI is InChI=1S/C14H26N6O/c1-6-7-16-10-8-11(19-13(15)18-10)17-9(2)12(21)20-14(3,4)5/h8-9H,6-7H2,1-5H3,(H,20,21)(H4,15,16,17,18,19). The highest BCUT2D eigenvalue weighted by atomic mass is 16.2. The molecule has 0 spiro atoms. The van der Waals surface area contributed by atoms with Crippen molar-refractivity contribution in [2.75, 3.05) is 22.9 Å². The van der Waals surface area contributed by atoms with Crippen molar-refractivity contribution in [3.8, 4) is 0 Å². The number of hydrogen-bond donors (Lipinski definition) is 4. The predicted octanol–water partition coefficient (Wildman–Crippen LogP) is 1.60. The fourth-order valence-electron chi connectivity index (χ4n) is 1.65. The van der Waals surface area contributed by atoms with Gasteiger partial charge in [0.25, 0.3) is 0 Å². The molecular formula is C14H26N6O. The summed E-state index contributed by atoms with van der Waals surface area (Å²) in [7, 11) is 0. The van der Waals surface area contributed by atoms with Gasteiger partial charge < -0.3 is 21.7 Å². The Kier molecular flexibility index (Phi) is 5.75. The maximum Gasteiger partial charge on any atom is 0.242 e. The molecule has 1 unspecified atom stereocenters. The highest BCUT2D eigenvalue weighted by Crippen LogP contribution is 2.13. The van der Waals surface area contributed by atoms with E-state index in [4.69, 9.17) is 5.73 Å². The van der Waals surface area contributed by atoms with Gasteiger partial charge in [0.1, 0.15) is 17.7 Å². The average Bonchev–Trinajstić information content (AvgIpc) is 2.33. The molecule has 1 rings (SSSR count). The highest BCUT2D eigenvalue weighted by molar-refractivity contribution is 5.84. The van der Waals surface area contributed by atoms with Crippen LogP contribution in [0.5, 0.6) is 0 Å². The van der Waals surface area contributed by atoms with Crippen LogP contribution in [0, 0.1) is 0 Å². The van der Waals surface area contributed by atoms with E-state index in [1.807, 2.05) is 20.8 Å². The van der Waals surface area contributed by atoms with Gasteiger partial charge in [-0.05, 0) is 34.1 Å². The van der Waals surface area contributed by atoms with Crippen LogP contribution in [0.1, 0.15) is 41.0 Å². The van der Waals surface area contributed by atoms with Crippen LogP contribution in [-0.2, 0) is 4.79 Å². The van der Waals surface area contributed by atoms with Crippen LogP contribution < -0.4 is 21.7 Å². The lowest BCUT2D eigenvalue weighted by atomic mass is 10.1. The zero-order valence-corrected chi connectivity index (χ0v) is 13.4. The van der Waals surface area contributed by atoms with Crippen LogP contribution in [0.4, 0.5) is 17.6 Å². The number of nitrogen functional groups attached to an aromatic ring is 1. The zero-order valence-electron chi connectivity index (χ0n) is 13.4.